The van der Waals surface area contributed by atoms with E-state index in [0.717, 1.165) is 0 Å². The molecule has 1 aromatic rings. The second-order valence-electron chi connectivity index (χ2n) is 2.66. The number of hydrogen-bond acceptors (Lipinski definition) is 0. The van der Waals surface area contributed by atoms with Crippen molar-refractivity contribution in [1.29, 1.82) is 0 Å². The summed E-state index contributed by atoms with van der Waals surface area (Å²) in [6.45, 7) is 2.20. The first-order chi connectivity index (χ1) is 5.74. The second kappa shape index (κ2) is 5.42. The fraction of sp³-hybridized carbons (Fsp3) is 0.300. The standard InChI is InChI=1S/C10H11I2/c1-2-3-4-8-5-6-9(11)7-10(8)12/h4-7H,2-3H2,1H3. The fourth-order valence-electron chi connectivity index (χ4n) is 0.967. The number of rotatable bonds is 3. The highest BCUT2D eigenvalue weighted by molar-refractivity contribution is 14.1. The van der Waals surface area contributed by atoms with Gasteiger partial charge in [-0.25, -0.2) is 0 Å². The highest BCUT2D eigenvalue weighted by Gasteiger charge is 1.99. The molecule has 12 heavy (non-hydrogen) atoms. The summed E-state index contributed by atoms with van der Waals surface area (Å²) in [7, 11) is 0. The lowest BCUT2D eigenvalue weighted by molar-refractivity contribution is 0.912. The topological polar surface area (TPSA) is 0 Å². The maximum Gasteiger partial charge on any atom is 0.0175 e. The van der Waals surface area contributed by atoms with E-state index in [4.69, 9.17) is 0 Å². The molecule has 1 rings (SSSR count). The highest BCUT2D eigenvalue weighted by atomic mass is 127. The van der Waals surface area contributed by atoms with Crippen LogP contribution in [0.5, 0.6) is 0 Å². The Labute approximate surface area is 101 Å². The maximum absolute atomic E-state index is 2.39. The quantitative estimate of drug-likeness (QED) is 0.683. The van der Waals surface area contributed by atoms with Crippen molar-refractivity contribution >= 4 is 45.2 Å². The first kappa shape index (κ1) is 10.8. The zero-order chi connectivity index (χ0) is 8.97. The van der Waals surface area contributed by atoms with Crippen molar-refractivity contribution < 1.29 is 0 Å². The molecule has 0 bridgehead atoms. The first-order valence-electron chi connectivity index (χ1n) is 4.02. The van der Waals surface area contributed by atoms with Crippen molar-refractivity contribution in [2.24, 2.45) is 0 Å². The molecule has 0 spiro atoms. The van der Waals surface area contributed by atoms with Gasteiger partial charge in [0.15, 0.2) is 0 Å². The monoisotopic (exact) mass is 385 g/mol. The van der Waals surface area contributed by atoms with Crippen LogP contribution in [0.2, 0.25) is 0 Å². The van der Waals surface area contributed by atoms with Crippen LogP contribution in [0.3, 0.4) is 0 Å². The first-order valence-corrected chi connectivity index (χ1v) is 6.18. The van der Waals surface area contributed by atoms with E-state index in [1.807, 2.05) is 0 Å². The number of halogens is 2. The van der Waals surface area contributed by atoms with Crippen LogP contribution in [0.25, 0.3) is 0 Å². The lowest BCUT2D eigenvalue weighted by Crippen LogP contribution is -1.87. The molecule has 0 atom stereocenters. The van der Waals surface area contributed by atoms with Crippen molar-refractivity contribution in [3.63, 3.8) is 0 Å². The smallest absolute Gasteiger partial charge is 0.0175 e. The fourth-order valence-corrected chi connectivity index (χ4v) is 2.79. The Morgan fingerprint density at radius 2 is 2.08 bits per heavy atom. The molecule has 0 amide bonds. The summed E-state index contributed by atoms with van der Waals surface area (Å²) >= 11 is 4.73. The van der Waals surface area contributed by atoms with E-state index in [0.29, 0.717) is 0 Å². The van der Waals surface area contributed by atoms with Gasteiger partial charge in [-0.2, -0.15) is 0 Å². The van der Waals surface area contributed by atoms with Gasteiger partial charge in [0.2, 0.25) is 0 Å². The third kappa shape index (κ3) is 3.20. The zero-order valence-electron chi connectivity index (χ0n) is 6.98. The largest absolute Gasteiger partial charge is 0.0654 e. The van der Waals surface area contributed by atoms with E-state index in [2.05, 4.69) is 76.7 Å². The van der Waals surface area contributed by atoms with Gasteiger partial charge in [0.1, 0.15) is 0 Å². The predicted molar refractivity (Wildman–Crippen MR) is 70.2 cm³/mol. The molecule has 0 saturated carbocycles. The lowest BCUT2D eigenvalue weighted by atomic mass is 10.1. The summed E-state index contributed by atoms with van der Waals surface area (Å²) in [4.78, 5) is 0. The Bertz CT molecular complexity index is 256. The Balaban J connectivity index is 2.72. The van der Waals surface area contributed by atoms with Crippen LogP contribution >= 0.6 is 45.2 Å². The molecule has 2 heteroatoms. The van der Waals surface area contributed by atoms with Gasteiger partial charge in [-0.15, -0.1) is 0 Å². The Hall–Kier alpha value is 0.680. The van der Waals surface area contributed by atoms with E-state index in [9.17, 15) is 0 Å². The number of hydrogen-bond donors (Lipinski definition) is 0. The van der Waals surface area contributed by atoms with Gasteiger partial charge in [0.25, 0.3) is 0 Å². The highest BCUT2D eigenvalue weighted by Crippen LogP contribution is 2.18. The van der Waals surface area contributed by atoms with Crippen LogP contribution in [-0.4, -0.2) is 0 Å². The Morgan fingerprint density at radius 3 is 2.67 bits per heavy atom. The Kier molecular flexibility index (Phi) is 4.86. The Morgan fingerprint density at radius 1 is 1.33 bits per heavy atom. The van der Waals surface area contributed by atoms with Crippen LogP contribution < -0.4 is 0 Å². The SMILES string of the molecule is CCC[CH]c1ccc(I)cc1I. The molecule has 0 saturated heterocycles. The molecule has 0 N–H and O–H groups in total. The molecular formula is C10H11I2. The minimum absolute atomic E-state index is 1.18. The van der Waals surface area contributed by atoms with Gasteiger partial charge in [-0.1, -0.05) is 19.4 Å². The van der Waals surface area contributed by atoms with Crippen molar-refractivity contribution in [2.45, 2.75) is 19.8 Å². The van der Waals surface area contributed by atoms with Crippen LogP contribution in [0, 0.1) is 13.6 Å². The van der Waals surface area contributed by atoms with Crippen molar-refractivity contribution in [3.05, 3.63) is 37.3 Å². The summed E-state index contributed by atoms with van der Waals surface area (Å²) in [6, 6.07) is 6.56. The van der Waals surface area contributed by atoms with Gasteiger partial charge < -0.3 is 0 Å². The average Bonchev–Trinajstić information content (AvgIpc) is 2.03. The van der Waals surface area contributed by atoms with Crippen LogP contribution in [0.4, 0.5) is 0 Å². The molecule has 65 valence electrons. The molecule has 1 radical (unpaired) electrons. The van der Waals surface area contributed by atoms with Crippen LogP contribution in [-0.2, 0) is 0 Å². The number of unbranched alkanes of at least 4 members (excludes halogenated alkanes) is 1. The summed E-state index contributed by atoms with van der Waals surface area (Å²) in [5.74, 6) is 0. The van der Waals surface area contributed by atoms with Gasteiger partial charge in [-0.3, -0.25) is 0 Å². The van der Waals surface area contributed by atoms with E-state index in [-0.39, 0.29) is 0 Å². The van der Waals surface area contributed by atoms with Crippen molar-refractivity contribution in [2.75, 3.05) is 0 Å². The molecule has 0 heterocycles. The molecule has 0 aromatic heterocycles. The molecule has 0 aliphatic rings. The summed E-state index contributed by atoms with van der Waals surface area (Å²) in [6.07, 6.45) is 4.70. The van der Waals surface area contributed by atoms with Crippen molar-refractivity contribution in [1.82, 2.24) is 0 Å². The van der Waals surface area contributed by atoms with Gasteiger partial charge in [0.05, 0.1) is 0 Å². The molecule has 0 nitrogen and oxygen atoms in total. The summed E-state index contributed by atoms with van der Waals surface area (Å²) in [5.41, 5.74) is 1.37. The van der Waals surface area contributed by atoms with Gasteiger partial charge in [0, 0.05) is 7.14 Å². The van der Waals surface area contributed by atoms with Gasteiger partial charge >= 0.3 is 0 Å². The molecule has 0 unspecified atom stereocenters. The summed E-state index contributed by atoms with van der Waals surface area (Å²) in [5, 5.41) is 0. The predicted octanol–water partition coefficient (Wildman–Crippen LogP) is 4.25. The number of benzene rings is 1. The van der Waals surface area contributed by atoms with Crippen LogP contribution in [0.15, 0.2) is 18.2 Å². The second-order valence-corrected chi connectivity index (χ2v) is 5.07. The maximum atomic E-state index is 2.39. The van der Waals surface area contributed by atoms with Crippen molar-refractivity contribution in [3.8, 4) is 0 Å². The molecule has 1 aromatic carbocycles. The minimum atomic E-state index is 1.18. The lowest BCUT2D eigenvalue weighted by Gasteiger charge is -2.02. The van der Waals surface area contributed by atoms with Crippen LogP contribution in [0.1, 0.15) is 25.3 Å². The van der Waals surface area contributed by atoms with E-state index in [1.165, 1.54) is 25.5 Å². The van der Waals surface area contributed by atoms with E-state index in [1.54, 1.807) is 0 Å². The average molecular weight is 385 g/mol. The van der Waals surface area contributed by atoms with Gasteiger partial charge in [-0.05, 0) is 75.7 Å². The molecule has 0 aliphatic heterocycles. The molecule has 0 aliphatic carbocycles. The van der Waals surface area contributed by atoms with E-state index < -0.39 is 0 Å². The third-order valence-electron chi connectivity index (χ3n) is 1.62. The van der Waals surface area contributed by atoms with E-state index >= 15 is 0 Å². The molecule has 0 fully saturated rings. The minimum Gasteiger partial charge on any atom is -0.0654 e. The third-order valence-corrected chi connectivity index (χ3v) is 3.22. The zero-order valence-corrected chi connectivity index (χ0v) is 11.3. The normalized spacial score (nSPS) is 10.2. The summed E-state index contributed by atoms with van der Waals surface area (Å²) < 4.78 is 2.67. The molecular weight excluding hydrogens is 374 g/mol.